The first-order valence-corrected chi connectivity index (χ1v) is 18.9. The van der Waals surface area contributed by atoms with Gasteiger partial charge < -0.3 is 18.9 Å². The van der Waals surface area contributed by atoms with Gasteiger partial charge in [-0.1, -0.05) is 41.5 Å². The molecule has 194 valence electrons. The van der Waals surface area contributed by atoms with Crippen LogP contribution in [0.2, 0.25) is 36.3 Å². The first-order chi connectivity index (χ1) is 15.2. The van der Waals surface area contributed by atoms with E-state index in [9.17, 15) is 0 Å². The second-order valence-corrected chi connectivity index (χ2v) is 24.0. The Morgan fingerprint density at radius 2 is 1.15 bits per heavy atom. The minimum atomic E-state index is -2.04. The SMILES string of the molecule is COc1c(NC(C)(C)C)c2c(c3c1[C@H](O[Si](C)(C)C(C)(C)C)[C@H]3O[Si](C)(C)C(C)(C)C)CCC2. The Morgan fingerprint density at radius 3 is 1.56 bits per heavy atom. The Morgan fingerprint density at radius 1 is 0.706 bits per heavy atom. The molecule has 0 spiro atoms. The summed E-state index contributed by atoms with van der Waals surface area (Å²) in [5.41, 5.74) is 6.66. The zero-order valence-corrected chi connectivity index (χ0v) is 26.5. The second-order valence-electron chi connectivity index (χ2n) is 14.5. The largest absolute Gasteiger partial charge is 0.494 e. The van der Waals surface area contributed by atoms with Crippen molar-refractivity contribution in [2.75, 3.05) is 12.4 Å². The minimum absolute atomic E-state index is 0.00514. The Balaban J connectivity index is 2.22. The van der Waals surface area contributed by atoms with Gasteiger partial charge in [0.15, 0.2) is 16.6 Å². The molecule has 0 heterocycles. The van der Waals surface area contributed by atoms with Crippen molar-refractivity contribution in [3.05, 3.63) is 22.3 Å². The lowest BCUT2D eigenvalue weighted by Crippen LogP contribution is -2.49. The molecule has 4 nitrogen and oxygen atoms in total. The number of hydrogen-bond acceptors (Lipinski definition) is 4. The first kappa shape index (κ1) is 27.8. The molecule has 0 amide bonds. The summed E-state index contributed by atoms with van der Waals surface area (Å²) in [6.07, 6.45) is 3.32. The van der Waals surface area contributed by atoms with Crippen LogP contribution in [0.3, 0.4) is 0 Å². The number of nitrogens with one attached hydrogen (secondary N) is 1. The normalized spacial score (nSPS) is 21.1. The van der Waals surface area contributed by atoms with Gasteiger partial charge in [0.2, 0.25) is 0 Å². The fourth-order valence-electron chi connectivity index (χ4n) is 4.64. The summed E-state index contributed by atoms with van der Waals surface area (Å²) in [6, 6.07) is 0. The lowest BCUT2D eigenvalue weighted by Gasteiger charge is -2.51. The van der Waals surface area contributed by atoms with Crippen LogP contribution in [-0.2, 0) is 21.7 Å². The fraction of sp³-hybridized carbons (Fsp3) is 0.786. The lowest BCUT2D eigenvalue weighted by molar-refractivity contribution is 0.00136. The van der Waals surface area contributed by atoms with Gasteiger partial charge in [-0.05, 0) is 93.0 Å². The van der Waals surface area contributed by atoms with E-state index in [-0.39, 0.29) is 27.8 Å². The topological polar surface area (TPSA) is 39.7 Å². The Hall–Kier alpha value is -0.826. The quantitative estimate of drug-likeness (QED) is 0.393. The molecule has 0 aliphatic heterocycles. The van der Waals surface area contributed by atoms with Crippen LogP contribution in [0.25, 0.3) is 0 Å². The van der Waals surface area contributed by atoms with E-state index in [1.807, 2.05) is 7.11 Å². The average molecular weight is 506 g/mol. The number of ether oxygens (including phenoxy) is 1. The van der Waals surface area contributed by atoms with Crippen LogP contribution < -0.4 is 10.1 Å². The van der Waals surface area contributed by atoms with Crippen molar-refractivity contribution in [2.45, 2.75) is 136 Å². The Bertz CT molecular complexity index is 933. The predicted octanol–water partition coefficient (Wildman–Crippen LogP) is 8.53. The standard InChI is InChI=1S/C28H51NO3Si2/c1-26(2,3)29-22-19-17-15-16-18(19)20-21(23(22)30-10)25(32-34(13,14)28(7,8)9)24(20)31-33(11,12)27(4,5)6/h24-25,29H,15-17H2,1-14H3/t24-,25-/m0/s1. The Labute approximate surface area is 211 Å². The monoisotopic (exact) mass is 505 g/mol. The highest BCUT2D eigenvalue weighted by atomic mass is 28.4. The summed E-state index contributed by atoms with van der Waals surface area (Å²) in [5.74, 6) is 0.976. The minimum Gasteiger partial charge on any atom is -0.494 e. The molecule has 1 N–H and O–H groups in total. The van der Waals surface area contributed by atoms with Gasteiger partial charge in [0.05, 0.1) is 12.8 Å². The molecule has 1 aromatic rings. The van der Waals surface area contributed by atoms with Crippen LogP contribution >= 0.6 is 0 Å². The number of benzene rings is 1. The highest BCUT2D eigenvalue weighted by Gasteiger charge is 2.54. The average Bonchev–Trinajstić information content (AvgIpc) is 3.10. The third-order valence-corrected chi connectivity index (χ3v) is 17.5. The number of fused-ring (bicyclic) bond motifs is 3. The van der Waals surface area contributed by atoms with Crippen molar-refractivity contribution in [3.63, 3.8) is 0 Å². The summed E-state index contributed by atoms with van der Waals surface area (Å²) in [4.78, 5) is 0. The number of methoxy groups -OCH3 is 1. The van der Waals surface area contributed by atoms with Gasteiger partial charge in [-0.15, -0.1) is 0 Å². The molecule has 2 atom stereocenters. The molecule has 0 bridgehead atoms. The van der Waals surface area contributed by atoms with Gasteiger partial charge in [0.25, 0.3) is 0 Å². The maximum absolute atomic E-state index is 7.16. The van der Waals surface area contributed by atoms with Gasteiger partial charge in [0.1, 0.15) is 18.0 Å². The van der Waals surface area contributed by atoms with Gasteiger partial charge in [-0.3, -0.25) is 0 Å². The summed E-state index contributed by atoms with van der Waals surface area (Å²) in [6.45, 7) is 30.0. The molecule has 0 unspecified atom stereocenters. The molecule has 0 saturated heterocycles. The maximum atomic E-state index is 7.16. The van der Waals surface area contributed by atoms with Crippen molar-refractivity contribution in [2.24, 2.45) is 0 Å². The molecule has 2 aliphatic carbocycles. The molecule has 0 radical (unpaired) electrons. The summed E-state index contributed by atoms with van der Waals surface area (Å²) >= 11 is 0. The van der Waals surface area contributed by atoms with E-state index in [4.69, 9.17) is 13.6 Å². The van der Waals surface area contributed by atoms with Gasteiger partial charge in [-0.25, -0.2) is 0 Å². The van der Waals surface area contributed by atoms with Crippen molar-refractivity contribution in [1.29, 1.82) is 0 Å². The smallest absolute Gasteiger partial charge is 0.193 e. The van der Waals surface area contributed by atoms with E-state index in [1.165, 1.54) is 34.4 Å². The van der Waals surface area contributed by atoms with E-state index in [1.54, 1.807) is 0 Å². The van der Waals surface area contributed by atoms with Crippen LogP contribution in [0.5, 0.6) is 5.75 Å². The maximum Gasteiger partial charge on any atom is 0.193 e. The molecule has 1 aromatic carbocycles. The summed E-state index contributed by atoms with van der Waals surface area (Å²) < 4.78 is 20.5. The third-order valence-electron chi connectivity index (χ3n) is 8.61. The highest BCUT2D eigenvalue weighted by molar-refractivity contribution is 6.74. The van der Waals surface area contributed by atoms with E-state index < -0.39 is 16.6 Å². The van der Waals surface area contributed by atoms with Crippen molar-refractivity contribution >= 4 is 22.3 Å². The number of hydrogen-bond donors (Lipinski definition) is 1. The molecule has 3 rings (SSSR count). The van der Waals surface area contributed by atoms with Crippen LogP contribution in [-0.4, -0.2) is 29.3 Å². The van der Waals surface area contributed by atoms with Gasteiger partial charge >= 0.3 is 0 Å². The second kappa shape index (κ2) is 8.64. The van der Waals surface area contributed by atoms with E-state index in [2.05, 4.69) is 93.8 Å². The van der Waals surface area contributed by atoms with Gasteiger partial charge in [-0.2, -0.15) is 0 Å². The third kappa shape index (κ3) is 4.89. The van der Waals surface area contributed by atoms with Crippen LogP contribution in [0, 0.1) is 0 Å². The number of anilines is 1. The molecular weight excluding hydrogens is 454 g/mol. The molecule has 34 heavy (non-hydrogen) atoms. The molecule has 0 fully saturated rings. The zero-order chi connectivity index (χ0) is 26.1. The summed E-state index contributed by atoms with van der Waals surface area (Å²) in [5, 5.41) is 4.07. The van der Waals surface area contributed by atoms with Crippen molar-refractivity contribution in [1.82, 2.24) is 0 Å². The highest BCUT2D eigenvalue weighted by Crippen LogP contribution is 2.62. The molecule has 0 saturated carbocycles. The lowest BCUT2D eigenvalue weighted by atomic mass is 9.76. The van der Waals surface area contributed by atoms with Crippen LogP contribution in [0.15, 0.2) is 0 Å². The van der Waals surface area contributed by atoms with Gasteiger partial charge in [0, 0.05) is 11.1 Å². The molecular formula is C28H51NO3Si2. The number of rotatable bonds is 6. The van der Waals surface area contributed by atoms with Crippen molar-refractivity contribution in [3.8, 4) is 5.75 Å². The molecule has 0 aromatic heterocycles. The van der Waals surface area contributed by atoms with Crippen molar-refractivity contribution < 1.29 is 13.6 Å². The predicted molar refractivity (Wildman–Crippen MR) is 150 cm³/mol. The van der Waals surface area contributed by atoms with Crippen LogP contribution in [0.4, 0.5) is 5.69 Å². The van der Waals surface area contributed by atoms with E-state index >= 15 is 0 Å². The zero-order valence-electron chi connectivity index (χ0n) is 24.5. The van der Waals surface area contributed by atoms with Crippen LogP contribution in [0.1, 0.15) is 103 Å². The van der Waals surface area contributed by atoms with E-state index in [0.29, 0.717) is 0 Å². The first-order valence-electron chi connectivity index (χ1n) is 13.1. The fourth-order valence-corrected chi connectivity index (χ4v) is 7.10. The molecule has 6 heteroatoms. The van der Waals surface area contributed by atoms with E-state index in [0.717, 1.165) is 18.6 Å². The molecule has 2 aliphatic rings. The Kier molecular flexibility index (Phi) is 7.05. The summed E-state index contributed by atoms with van der Waals surface area (Å²) in [7, 11) is -2.22.